The van der Waals surface area contributed by atoms with Crippen molar-refractivity contribution < 1.29 is 0 Å². The standard InChI is InChI=1S/C11H22S/c1-3-5-10-6-8-11(9-7-10)12-4-2/h10-11H,3-9H2,1-2H3. The molecular weight excluding hydrogens is 164 g/mol. The molecule has 0 bridgehead atoms. The number of thioether (sulfide) groups is 1. The van der Waals surface area contributed by atoms with Gasteiger partial charge in [-0.25, -0.2) is 0 Å². The normalized spacial score (nSPS) is 30.5. The fourth-order valence-corrected chi connectivity index (χ4v) is 3.31. The second kappa shape index (κ2) is 5.90. The fourth-order valence-electron chi connectivity index (χ4n) is 2.23. The van der Waals surface area contributed by atoms with E-state index < -0.39 is 0 Å². The molecule has 0 radical (unpaired) electrons. The Morgan fingerprint density at radius 3 is 2.25 bits per heavy atom. The van der Waals surface area contributed by atoms with Crippen LogP contribution in [0.2, 0.25) is 0 Å². The zero-order chi connectivity index (χ0) is 8.81. The van der Waals surface area contributed by atoms with E-state index in [1.54, 1.807) is 0 Å². The van der Waals surface area contributed by atoms with Gasteiger partial charge in [0.2, 0.25) is 0 Å². The zero-order valence-electron chi connectivity index (χ0n) is 8.51. The highest BCUT2D eigenvalue weighted by Crippen LogP contribution is 2.33. The molecule has 1 aliphatic rings. The number of hydrogen-bond donors (Lipinski definition) is 0. The smallest absolute Gasteiger partial charge is 0.00471 e. The third kappa shape index (κ3) is 3.38. The van der Waals surface area contributed by atoms with Crippen molar-refractivity contribution in [2.45, 2.75) is 57.6 Å². The Hall–Kier alpha value is 0.350. The van der Waals surface area contributed by atoms with E-state index in [0.717, 1.165) is 11.2 Å². The first-order chi connectivity index (χ1) is 5.86. The molecule has 0 amide bonds. The average molecular weight is 186 g/mol. The van der Waals surface area contributed by atoms with Gasteiger partial charge in [0.05, 0.1) is 0 Å². The van der Waals surface area contributed by atoms with Crippen molar-refractivity contribution in [3.8, 4) is 0 Å². The molecule has 1 heteroatoms. The summed E-state index contributed by atoms with van der Waals surface area (Å²) in [4.78, 5) is 0. The monoisotopic (exact) mass is 186 g/mol. The molecule has 1 fully saturated rings. The highest BCUT2D eigenvalue weighted by Gasteiger charge is 2.19. The summed E-state index contributed by atoms with van der Waals surface area (Å²) in [6.45, 7) is 4.59. The average Bonchev–Trinajstić information content (AvgIpc) is 2.09. The van der Waals surface area contributed by atoms with Gasteiger partial charge in [-0.3, -0.25) is 0 Å². The summed E-state index contributed by atoms with van der Waals surface area (Å²) in [5.41, 5.74) is 0. The number of hydrogen-bond acceptors (Lipinski definition) is 1. The van der Waals surface area contributed by atoms with E-state index in [9.17, 15) is 0 Å². The lowest BCUT2D eigenvalue weighted by Gasteiger charge is -2.27. The van der Waals surface area contributed by atoms with Gasteiger partial charge in [-0.2, -0.15) is 11.8 Å². The summed E-state index contributed by atoms with van der Waals surface area (Å²) in [5.74, 6) is 2.38. The van der Waals surface area contributed by atoms with E-state index in [1.165, 1.54) is 44.3 Å². The molecule has 0 spiro atoms. The molecule has 0 heterocycles. The van der Waals surface area contributed by atoms with E-state index in [1.807, 2.05) is 0 Å². The zero-order valence-corrected chi connectivity index (χ0v) is 9.33. The molecule has 12 heavy (non-hydrogen) atoms. The molecule has 0 N–H and O–H groups in total. The van der Waals surface area contributed by atoms with Crippen molar-refractivity contribution in [1.82, 2.24) is 0 Å². The molecule has 0 aromatic heterocycles. The van der Waals surface area contributed by atoms with Gasteiger partial charge >= 0.3 is 0 Å². The highest BCUT2D eigenvalue weighted by molar-refractivity contribution is 7.99. The third-order valence-corrected chi connectivity index (χ3v) is 4.17. The minimum absolute atomic E-state index is 1.00. The maximum Gasteiger partial charge on any atom is 0.00471 e. The third-order valence-electron chi connectivity index (χ3n) is 2.89. The molecule has 0 aromatic carbocycles. The Bertz CT molecular complexity index is 89.6. The van der Waals surface area contributed by atoms with Crippen molar-refractivity contribution in [1.29, 1.82) is 0 Å². The minimum atomic E-state index is 1.00. The molecule has 0 saturated heterocycles. The van der Waals surface area contributed by atoms with E-state index in [2.05, 4.69) is 25.6 Å². The minimum Gasteiger partial charge on any atom is -0.159 e. The van der Waals surface area contributed by atoms with E-state index in [4.69, 9.17) is 0 Å². The molecule has 0 atom stereocenters. The van der Waals surface area contributed by atoms with Crippen molar-refractivity contribution in [3.05, 3.63) is 0 Å². The SMILES string of the molecule is CCCC1CCC(SCC)CC1. The van der Waals surface area contributed by atoms with E-state index >= 15 is 0 Å². The van der Waals surface area contributed by atoms with Crippen LogP contribution in [0, 0.1) is 5.92 Å². The van der Waals surface area contributed by atoms with Crippen LogP contribution in [-0.4, -0.2) is 11.0 Å². The van der Waals surface area contributed by atoms with Gasteiger partial charge in [0.25, 0.3) is 0 Å². The second-order valence-corrected chi connectivity index (χ2v) is 5.46. The Balaban J connectivity index is 2.11. The summed E-state index contributed by atoms with van der Waals surface area (Å²) in [6, 6.07) is 0. The van der Waals surface area contributed by atoms with Crippen LogP contribution in [0.1, 0.15) is 52.4 Å². The molecule has 72 valence electrons. The number of rotatable bonds is 4. The van der Waals surface area contributed by atoms with E-state index in [-0.39, 0.29) is 0 Å². The van der Waals surface area contributed by atoms with Gasteiger partial charge in [0.15, 0.2) is 0 Å². The van der Waals surface area contributed by atoms with Gasteiger partial charge in [0.1, 0.15) is 0 Å². The van der Waals surface area contributed by atoms with Crippen molar-refractivity contribution in [3.63, 3.8) is 0 Å². The van der Waals surface area contributed by atoms with Crippen LogP contribution in [-0.2, 0) is 0 Å². The van der Waals surface area contributed by atoms with E-state index in [0.29, 0.717) is 0 Å². The molecule has 1 aliphatic carbocycles. The van der Waals surface area contributed by atoms with Gasteiger partial charge in [-0.05, 0) is 37.4 Å². The van der Waals surface area contributed by atoms with Gasteiger partial charge in [-0.15, -0.1) is 0 Å². The molecular formula is C11H22S. The topological polar surface area (TPSA) is 0 Å². The summed E-state index contributed by atoms with van der Waals surface area (Å²) in [5, 5.41) is 1.00. The summed E-state index contributed by atoms with van der Waals surface area (Å²) in [7, 11) is 0. The summed E-state index contributed by atoms with van der Waals surface area (Å²) < 4.78 is 0. The highest BCUT2D eigenvalue weighted by atomic mass is 32.2. The fraction of sp³-hybridized carbons (Fsp3) is 1.00. The Labute approximate surface area is 81.5 Å². The summed E-state index contributed by atoms with van der Waals surface area (Å²) in [6.07, 6.45) is 8.85. The van der Waals surface area contributed by atoms with Crippen LogP contribution in [0.4, 0.5) is 0 Å². The molecule has 0 nitrogen and oxygen atoms in total. The van der Waals surface area contributed by atoms with Crippen molar-refractivity contribution in [2.24, 2.45) is 5.92 Å². The maximum absolute atomic E-state index is 2.31. The molecule has 0 aromatic rings. The predicted molar refractivity (Wildman–Crippen MR) is 58.8 cm³/mol. The van der Waals surface area contributed by atoms with Crippen LogP contribution < -0.4 is 0 Å². The lowest BCUT2D eigenvalue weighted by molar-refractivity contribution is 0.343. The maximum atomic E-state index is 2.31. The first-order valence-electron chi connectivity index (χ1n) is 5.48. The molecule has 1 rings (SSSR count). The van der Waals surface area contributed by atoms with Gasteiger partial charge in [-0.1, -0.05) is 26.7 Å². The lowest BCUT2D eigenvalue weighted by Crippen LogP contribution is -2.16. The summed E-state index contributed by atoms with van der Waals surface area (Å²) >= 11 is 2.17. The van der Waals surface area contributed by atoms with Crippen LogP contribution in [0.5, 0.6) is 0 Å². The van der Waals surface area contributed by atoms with Crippen molar-refractivity contribution >= 4 is 11.8 Å². The Kier molecular flexibility index (Phi) is 5.13. The predicted octanol–water partition coefficient (Wildman–Crippen LogP) is 4.10. The molecule has 0 aliphatic heterocycles. The Morgan fingerprint density at radius 1 is 1.08 bits per heavy atom. The van der Waals surface area contributed by atoms with Crippen LogP contribution in [0.15, 0.2) is 0 Å². The van der Waals surface area contributed by atoms with Crippen molar-refractivity contribution in [2.75, 3.05) is 5.75 Å². The quantitative estimate of drug-likeness (QED) is 0.637. The molecule has 1 saturated carbocycles. The molecule has 0 unspecified atom stereocenters. The largest absolute Gasteiger partial charge is 0.159 e. The van der Waals surface area contributed by atoms with Crippen LogP contribution in [0.25, 0.3) is 0 Å². The van der Waals surface area contributed by atoms with Gasteiger partial charge < -0.3 is 0 Å². The first kappa shape index (κ1) is 10.4. The first-order valence-corrected chi connectivity index (χ1v) is 6.53. The second-order valence-electron chi connectivity index (χ2n) is 3.89. The van der Waals surface area contributed by atoms with Gasteiger partial charge in [0, 0.05) is 5.25 Å². The Morgan fingerprint density at radius 2 is 1.75 bits per heavy atom. The van der Waals surface area contributed by atoms with Crippen LogP contribution >= 0.6 is 11.8 Å². The van der Waals surface area contributed by atoms with Crippen LogP contribution in [0.3, 0.4) is 0 Å². The lowest BCUT2D eigenvalue weighted by atomic mass is 9.86.